The number of nitrogens with zero attached hydrogens (tertiary/aromatic N) is 5. The second kappa shape index (κ2) is 11.7. The van der Waals surface area contributed by atoms with Crippen molar-refractivity contribution >= 4 is 39.1 Å². The fourth-order valence-electron chi connectivity index (χ4n) is 4.74. The number of primary amides is 1. The molecule has 0 atom stereocenters. The maximum Gasteiger partial charge on any atom is 0.280 e. The second-order valence-corrected chi connectivity index (χ2v) is 10.9. The molecule has 0 aliphatic rings. The van der Waals surface area contributed by atoms with Crippen molar-refractivity contribution in [2.45, 2.75) is 20.1 Å². The number of nitrogens with one attached hydrogen (secondary N) is 1. The molecule has 0 fully saturated rings. The second-order valence-electron chi connectivity index (χ2n) is 9.87. The minimum absolute atomic E-state index is 0.0308. The topological polar surface area (TPSA) is 130 Å². The van der Waals surface area contributed by atoms with Gasteiger partial charge in [0.15, 0.2) is 12.4 Å². The summed E-state index contributed by atoms with van der Waals surface area (Å²) in [7, 11) is 1.72. The number of ether oxygens (including phenoxy) is 1. The van der Waals surface area contributed by atoms with E-state index in [1.54, 1.807) is 24.9 Å². The van der Waals surface area contributed by atoms with Crippen LogP contribution in [0, 0.1) is 6.92 Å². The number of anilines is 1. The fraction of sp³-hybridized carbons (Fsp3) is 0.129. The van der Waals surface area contributed by atoms with Crippen LogP contribution in [0.3, 0.4) is 0 Å². The van der Waals surface area contributed by atoms with Gasteiger partial charge in [-0.2, -0.15) is 10.2 Å². The zero-order valence-corrected chi connectivity index (χ0v) is 24.3. The number of thiophene rings is 1. The van der Waals surface area contributed by atoms with Crippen LogP contribution in [0.2, 0.25) is 0 Å². The molecule has 13 heteroatoms. The molecule has 6 aromatic rings. The Bertz CT molecular complexity index is 2000. The lowest BCUT2D eigenvalue weighted by molar-refractivity contribution is 0.100. The lowest BCUT2D eigenvalue weighted by Crippen LogP contribution is -2.18. The highest BCUT2D eigenvalue weighted by Crippen LogP contribution is 2.43. The molecule has 0 bridgehead atoms. The standard InChI is InChI=1S/C31H25F2N7O3S/c1-17-22(15-35-39(17)2)21-14-24(28(32)33)36-31-25(21)26(27(44-31)29(34)41)37-30(42)23-12-13-40(38-23)16-43-20-10-8-19(9-11-20)18-6-4-3-5-7-18/h3-15,28H,16H2,1-2H3,(H2,34,41)(H,37,42). The number of nitrogens with two attached hydrogens (primary N) is 1. The van der Waals surface area contributed by atoms with E-state index in [0.29, 0.717) is 28.0 Å². The molecule has 10 nitrogen and oxygen atoms in total. The maximum atomic E-state index is 13.8. The third kappa shape index (κ3) is 5.52. The van der Waals surface area contributed by atoms with E-state index in [1.807, 2.05) is 54.6 Å². The first-order valence-corrected chi connectivity index (χ1v) is 14.2. The lowest BCUT2D eigenvalue weighted by atomic mass is 10.0. The van der Waals surface area contributed by atoms with Crippen LogP contribution in [-0.4, -0.2) is 36.4 Å². The number of carbonyl (C=O) groups is 2. The van der Waals surface area contributed by atoms with Crippen LogP contribution in [-0.2, 0) is 13.8 Å². The van der Waals surface area contributed by atoms with Crippen molar-refractivity contribution < 1.29 is 23.1 Å². The van der Waals surface area contributed by atoms with E-state index in [9.17, 15) is 18.4 Å². The van der Waals surface area contributed by atoms with Gasteiger partial charge in [0.1, 0.15) is 21.2 Å². The fourth-order valence-corrected chi connectivity index (χ4v) is 5.76. The maximum absolute atomic E-state index is 13.8. The summed E-state index contributed by atoms with van der Waals surface area (Å²) in [5.41, 5.74) is 9.00. The highest BCUT2D eigenvalue weighted by Gasteiger charge is 2.26. The van der Waals surface area contributed by atoms with Crippen LogP contribution in [0.1, 0.15) is 38.0 Å². The predicted molar refractivity (Wildman–Crippen MR) is 163 cm³/mol. The molecule has 2 aromatic carbocycles. The van der Waals surface area contributed by atoms with Crippen LogP contribution in [0.5, 0.6) is 5.75 Å². The molecule has 2 amide bonds. The molecule has 4 heterocycles. The number of aromatic nitrogens is 5. The average molecular weight is 614 g/mol. The van der Waals surface area contributed by atoms with Crippen molar-refractivity contribution in [3.63, 3.8) is 0 Å². The van der Waals surface area contributed by atoms with Gasteiger partial charge in [0.05, 0.1) is 11.9 Å². The number of alkyl halides is 2. The summed E-state index contributed by atoms with van der Waals surface area (Å²) in [5.74, 6) is -0.853. The third-order valence-electron chi connectivity index (χ3n) is 7.09. The Labute approximate surface area is 253 Å². The average Bonchev–Trinajstić information content (AvgIpc) is 3.74. The minimum atomic E-state index is -2.86. The van der Waals surface area contributed by atoms with Crippen molar-refractivity contribution in [3.8, 4) is 28.0 Å². The number of carbonyl (C=O) groups excluding carboxylic acids is 2. The first-order valence-electron chi connectivity index (χ1n) is 13.4. The molecule has 4 aromatic heterocycles. The molecule has 0 saturated heterocycles. The summed E-state index contributed by atoms with van der Waals surface area (Å²) in [4.78, 5) is 29.9. The highest BCUT2D eigenvalue weighted by molar-refractivity contribution is 7.21. The monoisotopic (exact) mass is 613 g/mol. The summed E-state index contributed by atoms with van der Waals surface area (Å²) in [5, 5.41) is 11.6. The summed E-state index contributed by atoms with van der Waals surface area (Å²) >= 11 is 0.826. The van der Waals surface area contributed by atoms with Crippen LogP contribution < -0.4 is 15.8 Å². The van der Waals surface area contributed by atoms with Crippen LogP contribution in [0.4, 0.5) is 14.5 Å². The Hall–Kier alpha value is -5.43. The van der Waals surface area contributed by atoms with Crippen LogP contribution >= 0.6 is 11.3 Å². The molecule has 3 N–H and O–H groups in total. The number of benzene rings is 2. The quantitative estimate of drug-likeness (QED) is 0.200. The molecule has 6 rings (SSSR count). The molecular weight excluding hydrogens is 588 g/mol. The number of halogens is 2. The van der Waals surface area contributed by atoms with Crippen molar-refractivity contribution in [3.05, 3.63) is 101 Å². The van der Waals surface area contributed by atoms with E-state index < -0.39 is 23.9 Å². The van der Waals surface area contributed by atoms with Crippen molar-refractivity contribution in [1.29, 1.82) is 0 Å². The minimum Gasteiger partial charge on any atom is -0.471 e. The predicted octanol–water partition coefficient (Wildman–Crippen LogP) is 6.19. The molecule has 0 spiro atoms. The Morgan fingerprint density at radius 3 is 2.43 bits per heavy atom. The number of rotatable bonds is 9. The Kier molecular flexibility index (Phi) is 7.62. The summed E-state index contributed by atoms with van der Waals surface area (Å²) in [6.07, 6.45) is 0.249. The van der Waals surface area contributed by atoms with Gasteiger partial charge in [0.25, 0.3) is 18.2 Å². The zero-order chi connectivity index (χ0) is 31.0. The lowest BCUT2D eigenvalue weighted by Gasteiger charge is -2.10. The zero-order valence-electron chi connectivity index (χ0n) is 23.5. The molecule has 0 aliphatic carbocycles. The van der Waals surface area contributed by atoms with Gasteiger partial charge in [-0.3, -0.25) is 14.3 Å². The van der Waals surface area contributed by atoms with E-state index in [0.717, 1.165) is 22.5 Å². The highest BCUT2D eigenvalue weighted by atomic mass is 32.1. The Morgan fingerprint density at radius 2 is 1.77 bits per heavy atom. The van der Waals surface area contributed by atoms with Gasteiger partial charge in [-0.25, -0.2) is 18.4 Å². The van der Waals surface area contributed by atoms with E-state index in [2.05, 4.69) is 20.5 Å². The van der Waals surface area contributed by atoms with Gasteiger partial charge >= 0.3 is 0 Å². The number of amides is 2. The molecular formula is C31H25F2N7O3S. The van der Waals surface area contributed by atoms with Crippen molar-refractivity contribution in [2.24, 2.45) is 12.8 Å². The molecule has 0 aliphatic heterocycles. The van der Waals surface area contributed by atoms with E-state index in [1.165, 1.54) is 23.0 Å². The van der Waals surface area contributed by atoms with E-state index in [-0.39, 0.29) is 27.8 Å². The molecule has 0 saturated carbocycles. The molecule has 44 heavy (non-hydrogen) atoms. The van der Waals surface area contributed by atoms with Crippen molar-refractivity contribution in [1.82, 2.24) is 24.5 Å². The summed E-state index contributed by atoms with van der Waals surface area (Å²) in [6, 6.07) is 20.3. The Morgan fingerprint density at radius 1 is 1.05 bits per heavy atom. The summed E-state index contributed by atoms with van der Waals surface area (Å²) < 4.78 is 36.5. The van der Waals surface area contributed by atoms with Gasteiger partial charge < -0.3 is 15.8 Å². The van der Waals surface area contributed by atoms with Gasteiger partial charge in [-0.05, 0) is 47.9 Å². The summed E-state index contributed by atoms with van der Waals surface area (Å²) in [6.45, 7) is 1.82. The van der Waals surface area contributed by atoms with Gasteiger partial charge in [0.2, 0.25) is 0 Å². The number of fused-ring (bicyclic) bond motifs is 1. The van der Waals surface area contributed by atoms with E-state index in [4.69, 9.17) is 10.5 Å². The number of hydrogen-bond acceptors (Lipinski definition) is 7. The SMILES string of the molecule is Cc1c(-c2cc(C(F)F)nc3sc(C(N)=O)c(NC(=O)c4ccn(COc5ccc(-c6ccccc6)cc5)n4)c23)cnn1C. The smallest absolute Gasteiger partial charge is 0.280 e. The number of pyridine rings is 1. The van der Waals surface area contributed by atoms with Gasteiger partial charge in [-0.1, -0.05) is 42.5 Å². The third-order valence-corrected chi connectivity index (χ3v) is 8.19. The Balaban J connectivity index is 1.26. The largest absolute Gasteiger partial charge is 0.471 e. The van der Waals surface area contributed by atoms with Crippen LogP contribution in [0.25, 0.3) is 32.5 Å². The molecule has 222 valence electrons. The van der Waals surface area contributed by atoms with Gasteiger partial charge in [-0.15, -0.1) is 11.3 Å². The van der Waals surface area contributed by atoms with E-state index >= 15 is 0 Å². The number of aryl methyl sites for hydroxylation is 1. The normalized spacial score (nSPS) is 11.3. The van der Waals surface area contributed by atoms with Crippen LogP contribution in [0.15, 0.2) is 79.1 Å². The molecule has 0 unspecified atom stereocenters. The molecule has 0 radical (unpaired) electrons. The van der Waals surface area contributed by atoms with Crippen molar-refractivity contribution in [2.75, 3.05) is 5.32 Å². The first kappa shape index (κ1) is 28.7. The first-order chi connectivity index (χ1) is 21.2. The number of hydrogen-bond donors (Lipinski definition) is 2. The van der Waals surface area contributed by atoms with Gasteiger partial charge in [0, 0.05) is 29.9 Å².